The molecule has 1 fully saturated rings. The van der Waals surface area contributed by atoms with E-state index in [0.717, 1.165) is 30.8 Å². The Morgan fingerprint density at radius 2 is 1.95 bits per heavy atom. The Hall–Kier alpha value is -0.870. The predicted octanol–water partition coefficient (Wildman–Crippen LogP) is 3.81. The van der Waals surface area contributed by atoms with Gasteiger partial charge in [-0.25, -0.2) is 0 Å². The highest BCUT2D eigenvalue weighted by atomic mass is 35.5. The molecular weight excluding hydrogens is 292 g/mol. The number of nitrogen functional groups attached to an aromatic ring is 1. The molecule has 1 saturated heterocycles. The largest absolute Gasteiger partial charge is 0.398 e. The van der Waals surface area contributed by atoms with Gasteiger partial charge in [0.05, 0.1) is 16.0 Å². The van der Waals surface area contributed by atoms with Crippen LogP contribution in [0.1, 0.15) is 32.6 Å². The van der Waals surface area contributed by atoms with Gasteiger partial charge in [-0.2, -0.15) is 0 Å². The van der Waals surface area contributed by atoms with Crippen LogP contribution in [0.3, 0.4) is 0 Å². The maximum Gasteiger partial charge on any atom is 0.235 e. The molecule has 0 spiro atoms. The summed E-state index contributed by atoms with van der Waals surface area (Å²) in [6, 6.07) is 5.53. The summed E-state index contributed by atoms with van der Waals surface area (Å²) in [7, 11) is 0. The van der Waals surface area contributed by atoms with Crippen molar-refractivity contribution in [2.45, 2.75) is 42.8 Å². The van der Waals surface area contributed by atoms with Crippen LogP contribution < -0.4 is 5.73 Å². The van der Waals surface area contributed by atoms with E-state index < -0.39 is 0 Å². The van der Waals surface area contributed by atoms with Crippen LogP contribution in [0.2, 0.25) is 5.02 Å². The number of halogens is 1. The lowest BCUT2D eigenvalue weighted by Gasteiger charge is -2.23. The fourth-order valence-corrected chi connectivity index (χ4v) is 3.62. The first-order valence-corrected chi connectivity index (χ1v) is 8.34. The van der Waals surface area contributed by atoms with Crippen LogP contribution in [-0.2, 0) is 4.79 Å². The van der Waals surface area contributed by atoms with Crippen LogP contribution in [0.5, 0.6) is 0 Å². The van der Waals surface area contributed by atoms with Gasteiger partial charge in [-0.05, 0) is 38.0 Å². The van der Waals surface area contributed by atoms with Crippen molar-refractivity contribution in [3.8, 4) is 0 Å². The zero-order valence-electron chi connectivity index (χ0n) is 11.8. The number of hydrogen-bond acceptors (Lipinski definition) is 3. The summed E-state index contributed by atoms with van der Waals surface area (Å²) in [5.74, 6) is 0.227. The molecule has 0 radical (unpaired) electrons. The first kappa shape index (κ1) is 15.5. The first-order valence-electron chi connectivity index (χ1n) is 7.08. The van der Waals surface area contributed by atoms with Crippen molar-refractivity contribution in [3.63, 3.8) is 0 Å². The number of likely N-dealkylation sites (tertiary alicyclic amines) is 1. The number of thioether (sulfide) groups is 1. The Bertz CT molecular complexity index is 473. The van der Waals surface area contributed by atoms with Gasteiger partial charge in [0.25, 0.3) is 0 Å². The van der Waals surface area contributed by atoms with E-state index in [1.165, 1.54) is 12.8 Å². The maximum absolute atomic E-state index is 12.5. The van der Waals surface area contributed by atoms with Crippen LogP contribution in [-0.4, -0.2) is 29.1 Å². The van der Waals surface area contributed by atoms with Gasteiger partial charge in [0.2, 0.25) is 5.91 Å². The SMILES string of the molecule is CC(Sc1ccc(N)c(Cl)c1)C(=O)N1CCCCCC1. The Kier molecular flexibility index (Phi) is 5.61. The molecule has 2 N–H and O–H groups in total. The average molecular weight is 313 g/mol. The van der Waals surface area contributed by atoms with E-state index in [1.54, 1.807) is 17.8 Å². The van der Waals surface area contributed by atoms with Crippen LogP contribution in [0.25, 0.3) is 0 Å². The van der Waals surface area contributed by atoms with Gasteiger partial charge in [0.1, 0.15) is 0 Å². The molecule has 1 aromatic rings. The molecule has 0 saturated carbocycles. The molecule has 1 amide bonds. The van der Waals surface area contributed by atoms with E-state index in [0.29, 0.717) is 10.7 Å². The molecule has 1 unspecified atom stereocenters. The molecule has 3 nitrogen and oxygen atoms in total. The number of anilines is 1. The van der Waals surface area contributed by atoms with Crippen molar-refractivity contribution >= 4 is 35.0 Å². The fourth-order valence-electron chi connectivity index (χ4n) is 2.38. The van der Waals surface area contributed by atoms with Gasteiger partial charge in [-0.15, -0.1) is 11.8 Å². The second-order valence-corrected chi connectivity index (χ2v) is 7.00. The second-order valence-electron chi connectivity index (χ2n) is 5.18. The molecule has 5 heteroatoms. The smallest absolute Gasteiger partial charge is 0.235 e. The van der Waals surface area contributed by atoms with E-state index in [4.69, 9.17) is 17.3 Å². The van der Waals surface area contributed by atoms with Gasteiger partial charge in [0, 0.05) is 18.0 Å². The summed E-state index contributed by atoms with van der Waals surface area (Å²) in [4.78, 5) is 15.4. The van der Waals surface area contributed by atoms with E-state index in [-0.39, 0.29) is 11.2 Å². The van der Waals surface area contributed by atoms with Gasteiger partial charge in [-0.1, -0.05) is 24.4 Å². The quantitative estimate of drug-likeness (QED) is 0.682. The molecule has 1 heterocycles. The van der Waals surface area contributed by atoms with Crippen LogP contribution in [0, 0.1) is 0 Å². The Morgan fingerprint density at radius 1 is 1.30 bits per heavy atom. The maximum atomic E-state index is 12.5. The summed E-state index contributed by atoms with van der Waals surface area (Å²) in [5, 5.41) is 0.456. The van der Waals surface area contributed by atoms with Crippen LogP contribution in [0.15, 0.2) is 23.1 Å². The van der Waals surface area contributed by atoms with Gasteiger partial charge in [0.15, 0.2) is 0 Å². The molecule has 0 aromatic heterocycles. The minimum atomic E-state index is -0.0900. The van der Waals surface area contributed by atoms with Crippen molar-refractivity contribution in [1.29, 1.82) is 0 Å². The minimum absolute atomic E-state index is 0.0900. The molecule has 1 atom stereocenters. The van der Waals surface area contributed by atoms with Crippen molar-refractivity contribution in [2.75, 3.05) is 18.8 Å². The fraction of sp³-hybridized carbons (Fsp3) is 0.533. The number of nitrogens with zero attached hydrogens (tertiary/aromatic N) is 1. The second kappa shape index (κ2) is 7.23. The van der Waals surface area contributed by atoms with E-state index in [9.17, 15) is 4.79 Å². The lowest BCUT2D eigenvalue weighted by atomic mass is 10.2. The van der Waals surface area contributed by atoms with Crippen LogP contribution >= 0.6 is 23.4 Å². The number of rotatable bonds is 3. The predicted molar refractivity (Wildman–Crippen MR) is 86.2 cm³/mol. The molecule has 1 aliphatic rings. The van der Waals surface area contributed by atoms with Gasteiger partial charge >= 0.3 is 0 Å². The third-order valence-corrected chi connectivity index (χ3v) is 4.96. The highest BCUT2D eigenvalue weighted by Gasteiger charge is 2.22. The van der Waals surface area contributed by atoms with Gasteiger partial charge in [-0.3, -0.25) is 4.79 Å². The van der Waals surface area contributed by atoms with E-state index in [1.807, 2.05) is 24.0 Å². The number of hydrogen-bond donors (Lipinski definition) is 1. The zero-order chi connectivity index (χ0) is 14.5. The van der Waals surface area contributed by atoms with Crippen molar-refractivity contribution < 1.29 is 4.79 Å². The molecule has 0 aliphatic carbocycles. The van der Waals surface area contributed by atoms with Crippen molar-refractivity contribution in [3.05, 3.63) is 23.2 Å². The topological polar surface area (TPSA) is 46.3 Å². The summed E-state index contributed by atoms with van der Waals surface area (Å²) >= 11 is 7.56. The third-order valence-electron chi connectivity index (χ3n) is 3.55. The first-order chi connectivity index (χ1) is 9.58. The van der Waals surface area contributed by atoms with Gasteiger partial charge < -0.3 is 10.6 Å². The lowest BCUT2D eigenvalue weighted by Crippen LogP contribution is -2.37. The highest BCUT2D eigenvalue weighted by molar-refractivity contribution is 8.00. The zero-order valence-corrected chi connectivity index (χ0v) is 13.3. The molecule has 20 heavy (non-hydrogen) atoms. The number of benzene rings is 1. The monoisotopic (exact) mass is 312 g/mol. The Balaban J connectivity index is 1.97. The Morgan fingerprint density at radius 3 is 2.55 bits per heavy atom. The lowest BCUT2D eigenvalue weighted by molar-refractivity contribution is -0.130. The molecule has 110 valence electrons. The number of amides is 1. The number of carbonyl (C=O) groups is 1. The standard InChI is InChI=1S/C15H21ClN2OS/c1-11(15(19)18-8-4-2-3-5-9-18)20-12-6-7-14(17)13(16)10-12/h6-7,10-11H,2-5,8-9,17H2,1H3. The molecule has 0 bridgehead atoms. The number of carbonyl (C=O) groups excluding carboxylic acids is 1. The van der Waals surface area contributed by atoms with Crippen molar-refractivity contribution in [2.24, 2.45) is 0 Å². The van der Waals surface area contributed by atoms with E-state index >= 15 is 0 Å². The third kappa shape index (κ3) is 4.06. The minimum Gasteiger partial charge on any atom is -0.398 e. The average Bonchev–Trinajstić information content (AvgIpc) is 2.71. The molecule has 1 aromatic carbocycles. The van der Waals surface area contributed by atoms with E-state index in [2.05, 4.69) is 0 Å². The van der Waals surface area contributed by atoms with Crippen molar-refractivity contribution in [1.82, 2.24) is 4.90 Å². The molecule has 1 aliphatic heterocycles. The van der Waals surface area contributed by atoms with Crippen LogP contribution in [0.4, 0.5) is 5.69 Å². The number of nitrogens with two attached hydrogens (primary N) is 1. The summed E-state index contributed by atoms with van der Waals surface area (Å²) < 4.78 is 0. The molecular formula is C15H21ClN2OS. The highest BCUT2D eigenvalue weighted by Crippen LogP contribution is 2.30. The summed E-state index contributed by atoms with van der Waals surface area (Å²) in [6.07, 6.45) is 4.71. The molecule has 2 rings (SSSR count). The summed E-state index contributed by atoms with van der Waals surface area (Å²) in [5.41, 5.74) is 6.27. The summed E-state index contributed by atoms with van der Waals surface area (Å²) in [6.45, 7) is 3.75. The normalized spacial score (nSPS) is 17.6. The Labute approximate surface area is 129 Å².